The first kappa shape index (κ1) is 17.1. The van der Waals surface area contributed by atoms with Crippen LogP contribution in [0.25, 0.3) is 0 Å². The molecule has 4 rings (SSSR count). The second-order valence-corrected chi connectivity index (χ2v) is 7.52. The largest absolute Gasteiger partial charge is 0.331 e. The van der Waals surface area contributed by atoms with Gasteiger partial charge in [0.1, 0.15) is 12.6 Å². The van der Waals surface area contributed by atoms with Crippen LogP contribution in [-0.4, -0.2) is 46.3 Å². The van der Waals surface area contributed by atoms with Crippen molar-refractivity contribution in [1.29, 1.82) is 0 Å². The Morgan fingerprint density at radius 3 is 2.81 bits per heavy atom. The maximum atomic E-state index is 12.8. The molecule has 136 valence electrons. The van der Waals surface area contributed by atoms with E-state index >= 15 is 0 Å². The zero-order valence-electron chi connectivity index (χ0n) is 14.6. The Morgan fingerprint density at radius 1 is 1.31 bits per heavy atom. The molecule has 8 heteroatoms. The fourth-order valence-corrected chi connectivity index (χ4v) is 4.02. The number of nitrogens with one attached hydrogen (secondary N) is 2. The van der Waals surface area contributed by atoms with Crippen molar-refractivity contribution in [3.05, 3.63) is 40.4 Å². The average molecular weight is 372 g/mol. The van der Waals surface area contributed by atoms with Crippen LogP contribution < -0.4 is 10.0 Å². The first-order valence-corrected chi connectivity index (χ1v) is 9.47. The molecule has 1 aliphatic carbocycles. The van der Waals surface area contributed by atoms with E-state index in [2.05, 4.69) is 10.0 Å². The molecule has 2 aliphatic heterocycles. The molecule has 1 atom stereocenters. The number of nitrogens with zero attached hydrogens (tertiary/aromatic N) is 2. The van der Waals surface area contributed by atoms with Gasteiger partial charge in [0.05, 0.1) is 5.70 Å². The molecule has 1 saturated carbocycles. The molecule has 0 bridgehead atoms. The van der Waals surface area contributed by atoms with Crippen LogP contribution >= 0.6 is 11.9 Å². The van der Waals surface area contributed by atoms with Gasteiger partial charge in [-0.05, 0) is 43.9 Å². The molecule has 2 heterocycles. The Morgan fingerprint density at radius 2 is 2.08 bits per heavy atom. The molecule has 4 amide bonds. The van der Waals surface area contributed by atoms with Crippen LogP contribution in [0, 0.1) is 13.8 Å². The van der Waals surface area contributed by atoms with Gasteiger partial charge in [-0.15, -0.1) is 0 Å². The van der Waals surface area contributed by atoms with Gasteiger partial charge < -0.3 is 5.32 Å². The number of benzene rings is 1. The SMILES string of the molecule is Cc1cccc(NC(=O)CN2C(=O)N(C3CC3)C(=O)C3NSC=C32)c1C. The predicted molar refractivity (Wildman–Crippen MR) is 99.1 cm³/mol. The molecule has 7 nitrogen and oxygen atoms in total. The van der Waals surface area contributed by atoms with Gasteiger partial charge >= 0.3 is 6.03 Å². The molecule has 2 N–H and O–H groups in total. The number of urea groups is 1. The number of anilines is 1. The van der Waals surface area contributed by atoms with Gasteiger partial charge in [-0.25, -0.2) is 9.52 Å². The Bertz CT molecular complexity index is 834. The fourth-order valence-electron chi connectivity index (χ4n) is 3.21. The van der Waals surface area contributed by atoms with Crippen molar-refractivity contribution in [2.45, 2.75) is 38.8 Å². The summed E-state index contributed by atoms with van der Waals surface area (Å²) in [6, 6.07) is 4.71. The number of carbonyl (C=O) groups excluding carboxylic acids is 3. The van der Waals surface area contributed by atoms with Crippen LogP contribution in [0.2, 0.25) is 0 Å². The van der Waals surface area contributed by atoms with Crippen LogP contribution in [0.4, 0.5) is 10.5 Å². The number of aryl methyl sites for hydroxylation is 1. The number of carbonyl (C=O) groups is 3. The Balaban J connectivity index is 1.54. The highest BCUT2D eigenvalue weighted by atomic mass is 32.2. The van der Waals surface area contributed by atoms with Gasteiger partial charge in [0.15, 0.2) is 0 Å². The molecule has 1 saturated heterocycles. The molecular weight excluding hydrogens is 352 g/mol. The normalized spacial score (nSPS) is 22.4. The topological polar surface area (TPSA) is 81.8 Å². The molecule has 1 unspecified atom stereocenters. The molecular formula is C18H20N4O3S. The Kier molecular flexibility index (Phi) is 4.24. The number of amides is 4. The summed E-state index contributed by atoms with van der Waals surface area (Å²) in [5, 5.41) is 4.61. The number of hydrogen-bond acceptors (Lipinski definition) is 5. The van der Waals surface area contributed by atoms with E-state index in [0.29, 0.717) is 5.70 Å². The lowest BCUT2D eigenvalue weighted by atomic mass is 10.1. The summed E-state index contributed by atoms with van der Waals surface area (Å²) < 4.78 is 3.02. The number of rotatable bonds is 4. The van der Waals surface area contributed by atoms with Gasteiger partial charge in [-0.2, -0.15) is 0 Å². The quantitative estimate of drug-likeness (QED) is 0.792. The van der Waals surface area contributed by atoms with Crippen LogP contribution in [0.3, 0.4) is 0 Å². The van der Waals surface area contributed by atoms with Crippen molar-refractivity contribution in [3.8, 4) is 0 Å². The van der Waals surface area contributed by atoms with E-state index in [-0.39, 0.29) is 24.4 Å². The maximum Gasteiger partial charge on any atom is 0.331 e. The van der Waals surface area contributed by atoms with Gasteiger partial charge in [-0.3, -0.25) is 19.4 Å². The van der Waals surface area contributed by atoms with Gasteiger partial charge in [0, 0.05) is 17.1 Å². The summed E-state index contributed by atoms with van der Waals surface area (Å²) in [6.07, 6.45) is 1.66. The van der Waals surface area contributed by atoms with E-state index in [4.69, 9.17) is 0 Å². The van der Waals surface area contributed by atoms with Crippen molar-refractivity contribution in [3.63, 3.8) is 0 Å². The smallest absolute Gasteiger partial charge is 0.324 e. The second kappa shape index (κ2) is 6.44. The Hall–Kier alpha value is -2.32. The summed E-state index contributed by atoms with van der Waals surface area (Å²) in [7, 11) is 0. The molecule has 3 aliphatic rings. The molecule has 26 heavy (non-hydrogen) atoms. The minimum Gasteiger partial charge on any atom is -0.324 e. The summed E-state index contributed by atoms with van der Waals surface area (Å²) in [6.45, 7) is 3.81. The third-order valence-corrected chi connectivity index (χ3v) is 5.72. The summed E-state index contributed by atoms with van der Waals surface area (Å²) in [4.78, 5) is 40.7. The molecule has 1 aromatic rings. The monoisotopic (exact) mass is 372 g/mol. The predicted octanol–water partition coefficient (Wildman–Crippen LogP) is 2.13. The lowest BCUT2D eigenvalue weighted by Crippen LogP contribution is -2.61. The van der Waals surface area contributed by atoms with Crippen molar-refractivity contribution < 1.29 is 14.4 Å². The van der Waals surface area contributed by atoms with Crippen molar-refractivity contribution in [2.75, 3.05) is 11.9 Å². The highest BCUT2D eigenvalue weighted by molar-refractivity contribution is 8.00. The van der Waals surface area contributed by atoms with Crippen LogP contribution in [0.1, 0.15) is 24.0 Å². The molecule has 0 radical (unpaired) electrons. The number of imide groups is 1. The van der Waals surface area contributed by atoms with Crippen LogP contribution in [-0.2, 0) is 9.59 Å². The van der Waals surface area contributed by atoms with E-state index in [1.165, 1.54) is 21.7 Å². The molecule has 0 spiro atoms. The minimum absolute atomic E-state index is 0.0338. The summed E-state index contributed by atoms with van der Waals surface area (Å²) in [5.41, 5.74) is 3.37. The van der Waals surface area contributed by atoms with Crippen molar-refractivity contribution >= 4 is 35.5 Å². The van der Waals surface area contributed by atoms with E-state index in [9.17, 15) is 14.4 Å². The summed E-state index contributed by atoms with van der Waals surface area (Å²) in [5.74, 6) is -0.506. The highest BCUT2D eigenvalue weighted by Crippen LogP contribution is 2.36. The molecule has 0 aromatic heterocycles. The van der Waals surface area contributed by atoms with Crippen LogP contribution in [0.15, 0.2) is 29.3 Å². The van der Waals surface area contributed by atoms with Gasteiger partial charge in [0.25, 0.3) is 5.91 Å². The fraction of sp³-hybridized carbons (Fsp3) is 0.389. The van der Waals surface area contributed by atoms with Crippen LogP contribution in [0.5, 0.6) is 0 Å². The molecule has 2 fully saturated rings. The first-order chi connectivity index (χ1) is 12.5. The second-order valence-electron chi connectivity index (χ2n) is 6.82. The van der Waals surface area contributed by atoms with Crippen molar-refractivity contribution in [1.82, 2.24) is 14.5 Å². The van der Waals surface area contributed by atoms with Crippen molar-refractivity contribution in [2.24, 2.45) is 0 Å². The standard InChI is InChI=1S/C18H20N4O3S/c1-10-4-3-5-13(11(10)2)19-15(23)8-21-14-9-26-20-16(14)17(24)22(18(21)25)12-6-7-12/h3-5,9,12,16,20H,6-8H2,1-2H3,(H,19,23). The van der Waals surface area contributed by atoms with E-state index in [0.717, 1.165) is 29.7 Å². The first-order valence-electron chi connectivity index (χ1n) is 8.59. The third kappa shape index (κ3) is 2.89. The van der Waals surface area contributed by atoms with E-state index in [1.807, 2.05) is 32.0 Å². The third-order valence-electron chi connectivity index (χ3n) is 4.99. The van der Waals surface area contributed by atoms with Gasteiger partial charge in [0.2, 0.25) is 5.91 Å². The maximum absolute atomic E-state index is 12.8. The van der Waals surface area contributed by atoms with E-state index in [1.54, 1.807) is 5.41 Å². The average Bonchev–Trinajstić information content (AvgIpc) is 3.30. The van der Waals surface area contributed by atoms with E-state index < -0.39 is 12.1 Å². The lowest BCUT2D eigenvalue weighted by molar-refractivity contribution is -0.132. The van der Waals surface area contributed by atoms with Gasteiger partial charge in [-0.1, -0.05) is 24.1 Å². The highest BCUT2D eigenvalue weighted by Gasteiger charge is 2.50. The lowest BCUT2D eigenvalue weighted by Gasteiger charge is -2.38. The Labute approximate surface area is 155 Å². The molecule has 1 aromatic carbocycles. The zero-order chi connectivity index (χ0) is 18.4. The number of hydrogen-bond donors (Lipinski definition) is 2. The number of fused-ring (bicyclic) bond motifs is 1. The minimum atomic E-state index is -0.563. The zero-order valence-corrected chi connectivity index (χ0v) is 15.4. The summed E-state index contributed by atoms with van der Waals surface area (Å²) >= 11 is 1.27.